The van der Waals surface area contributed by atoms with Crippen LogP contribution in [0.3, 0.4) is 0 Å². The van der Waals surface area contributed by atoms with Crippen molar-refractivity contribution in [2.75, 3.05) is 33.0 Å². The molecule has 0 aliphatic carbocycles. The van der Waals surface area contributed by atoms with Crippen molar-refractivity contribution in [1.82, 2.24) is 34.6 Å². The quantitative estimate of drug-likeness (QED) is 0.687. The summed E-state index contributed by atoms with van der Waals surface area (Å²) >= 11 is 0. The number of nitrogens with zero attached hydrogens (tertiary/aromatic N) is 7. The molecule has 0 saturated carbocycles. The van der Waals surface area contributed by atoms with Gasteiger partial charge in [-0.3, -0.25) is 0 Å². The molecule has 2 heterocycles. The van der Waals surface area contributed by atoms with Crippen LogP contribution in [0.25, 0.3) is 5.95 Å². The van der Waals surface area contributed by atoms with Gasteiger partial charge in [0.05, 0.1) is 6.61 Å². The van der Waals surface area contributed by atoms with Crippen molar-refractivity contribution in [2.45, 2.75) is 6.42 Å². The first-order chi connectivity index (χ1) is 9.15. The predicted molar refractivity (Wildman–Crippen MR) is 67.8 cm³/mol. The normalized spacial score (nSPS) is 10.9. The Labute approximate surface area is 110 Å². The van der Waals surface area contributed by atoms with Crippen molar-refractivity contribution in [3.63, 3.8) is 0 Å². The van der Waals surface area contributed by atoms with Crippen LogP contribution in [0.2, 0.25) is 0 Å². The Kier molecular flexibility index (Phi) is 4.18. The van der Waals surface area contributed by atoms with Gasteiger partial charge in [-0.25, -0.2) is 4.98 Å². The minimum Gasteiger partial charge on any atom is -0.463 e. The highest BCUT2D eigenvalue weighted by Crippen LogP contribution is 2.08. The zero-order valence-electron chi connectivity index (χ0n) is 10.9. The summed E-state index contributed by atoms with van der Waals surface area (Å²) in [6, 6.07) is 0.191. The summed E-state index contributed by atoms with van der Waals surface area (Å²) in [5, 5.41) is 3.92. The first-order valence-electron chi connectivity index (χ1n) is 5.79. The second kappa shape index (κ2) is 6.05. The van der Waals surface area contributed by atoms with E-state index >= 15 is 0 Å². The van der Waals surface area contributed by atoms with Gasteiger partial charge in [-0.15, -0.1) is 0 Å². The molecule has 0 aliphatic heterocycles. The van der Waals surface area contributed by atoms with Gasteiger partial charge in [-0.2, -0.15) is 24.7 Å². The highest BCUT2D eigenvalue weighted by Gasteiger charge is 2.07. The van der Waals surface area contributed by atoms with E-state index in [2.05, 4.69) is 29.9 Å². The molecular formula is C10H16N8O. The highest BCUT2D eigenvalue weighted by atomic mass is 16.5. The average molecular weight is 264 g/mol. The maximum atomic E-state index is 5.61. The molecule has 0 unspecified atom stereocenters. The summed E-state index contributed by atoms with van der Waals surface area (Å²) < 4.78 is 6.84. The molecule has 9 nitrogen and oxygen atoms in total. The van der Waals surface area contributed by atoms with E-state index in [1.165, 1.54) is 17.3 Å². The van der Waals surface area contributed by atoms with Crippen LogP contribution in [0, 0.1) is 0 Å². The van der Waals surface area contributed by atoms with Gasteiger partial charge in [-0.1, -0.05) is 0 Å². The zero-order chi connectivity index (χ0) is 13.7. The van der Waals surface area contributed by atoms with E-state index in [9.17, 15) is 0 Å². The van der Waals surface area contributed by atoms with Crippen molar-refractivity contribution < 1.29 is 4.74 Å². The lowest BCUT2D eigenvalue weighted by Gasteiger charge is -2.09. The van der Waals surface area contributed by atoms with E-state index < -0.39 is 0 Å². The maximum absolute atomic E-state index is 5.61. The standard InChI is InChI=1S/C10H16N8O/c1-17(2)4-3-5-19-10-15-8(11)14-9(16-10)18-7-12-6-13-18/h6-7H,3-5H2,1-2H3,(H2,11,14,15,16). The van der Waals surface area contributed by atoms with Gasteiger partial charge in [0.2, 0.25) is 5.95 Å². The van der Waals surface area contributed by atoms with Crippen LogP contribution in [0.4, 0.5) is 5.95 Å². The molecule has 102 valence electrons. The summed E-state index contributed by atoms with van der Waals surface area (Å²) in [5.74, 6) is 0.371. The molecular weight excluding hydrogens is 248 g/mol. The summed E-state index contributed by atoms with van der Waals surface area (Å²) in [6.45, 7) is 1.44. The van der Waals surface area contributed by atoms with E-state index in [1.807, 2.05) is 14.1 Å². The molecule has 2 aromatic rings. The van der Waals surface area contributed by atoms with Gasteiger partial charge in [0.15, 0.2) is 0 Å². The number of nitrogen functional groups attached to an aromatic ring is 1. The van der Waals surface area contributed by atoms with Gasteiger partial charge in [0.25, 0.3) is 5.95 Å². The van der Waals surface area contributed by atoms with Crippen molar-refractivity contribution in [2.24, 2.45) is 0 Å². The van der Waals surface area contributed by atoms with Gasteiger partial charge in [0, 0.05) is 6.54 Å². The van der Waals surface area contributed by atoms with Crippen LogP contribution in [-0.2, 0) is 0 Å². The van der Waals surface area contributed by atoms with Crippen LogP contribution in [0.5, 0.6) is 6.01 Å². The summed E-state index contributed by atoms with van der Waals surface area (Å²) in [6.07, 6.45) is 3.74. The third kappa shape index (κ3) is 3.85. The van der Waals surface area contributed by atoms with E-state index in [0.29, 0.717) is 6.61 Å². The molecule has 0 radical (unpaired) electrons. The fourth-order valence-corrected chi connectivity index (χ4v) is 1.38. The van der Waals surface area contributed by atoms with Gasteiger partial charge in [0.1, 0.15) is 12.7 Å². The Bertz CT molecular complexity index is 512. The molecule has 19 heavy (non-hydrogen) atoms. The van der Waals surface area contributed by atoms with Crippen molar-refractivity contribution >= 4 is 5.95 Å². The largest absolute Gasteiger partial charge is 0.463 e. The fourth-order valence-electron chi connectivity index (χ4n) is 1.38. The average Bonchev–Trinajstić information content (AvgIpc) is 2.87. The zero-order valence-corrected chi connectivity index (χ0v) is 10.9. The molecule has 0 amide bonds. The monoisotopic (exact) mass is 264 g/mol. The third-order valence-corrected chi connectivity index (χ3v) is 2.22. The first-order valence-corrected chi connectivity index (χ1v) is 5.79. The number of rotatable bonds is 6. The van der Waals surface area contributed by atoms with E-state index in [4.69, 9.17) is 10.5 Å². The number of hydrogen-bond acceptors (Lipinski definition) is 8. The van der Waals surface area contributed by atoms with E-state index in [-0.39, 0.29) is 17.9 Å². The lowest BCUT2D eigenvalue weighted by Crippen LogP contribution is -2.16. The second-order valence-corrected chi connectivity index (χ2v) is 4.12. The number of nitrogens with two attached hydrogens (primary N) is 1. The Morgan fingerprint density at radius 2 is 2.16 bits per heavy atom. The van der Waals surface area contributed by atoms with Gasteiger partial charge in [-0.05, 0) is 20.5 Å². The van der Waals surface area contributed by atoms with Crippen LogP contribution >= 0.6 is 0 Å². The van der Waals surface area contributed by atoms with E-state index in [1.54, 1.807) is 0 Å². The van der Waals surface area contributed by atoms with Crippen molar-refractivity contribution in [1.29, 1.82) is 0 Å². The molecule has 0 saturated heterocycles. The lowest BCUT2D eigenvalue weighted by molar-refractivity contribution is 0.263. The maximum Gasteiger partial charge on any atom is 0.323 e. The Morgan fingerprint density at radius 3 is 2.84 bits per heavy atom. The summed E-state index contributed by atoms with van der Waals surface area (Å²) in [5.41, 5.74) is 5.61. The lowest BCUT2D eigenvalue weighted by atomic mass is 10.4. The molecule has 0 spiro atoms. The van der Waals surface area contributed by atoms with E-state index in [0.717, 1.165) is 13.0 Å². The van der Waals surface area contributed by atoms with Crippen molar-refractivity contribution in [3.05, 3.63) is 12.7 Å². The first kappa shape index (κ1) is 13.1. The Balaban J connectivity index is 2.01. The molecule has 0 fully saturated rings. The van der Waals surface area contributed by atoms with Gasteiger partial charge >= 0.3 is 6.01 Å². The molecule has 0 aromatic carbocycles. The minimum atomic E-state index is 0.0862. The topological polar surface area (TPSA) is 108 Å². The minimum absolute atomic E-state index is 0.0862. The number of anilines is 1. The van der Waals surface area contributed by atoms with Crippen LogP contribution < -0.4 is 10.5 Å². The SMILES string of the molecule is CN(C)CCCOc1nc(N)nc(-n2cncn2)n1. The molecule has 9 heteroatoms. The third-order valence-electron chi connectivity index (χ3n) is 2.22. The second-order valence-electron chi connectivity index (χ2n) is 4.12. The van der Waals surface area contributed by atoms with Crippen LogP contribution in [0.15, 0.2) is 12.7 Å². The molecule has 0 atom stereocenters. The summed E-state index contributed by atoms with van der Waals surface area (Å²) in [4.78, 5) is 17.9. The Morgan fingerprint density at radius 1 is 1.32 bits per heavy atom. The fraction of sp³-hybridized carbons (Fsp3) is 0.500. The number of aromatic nitrogens is 6. The number of hydrogen-bond donors (Lipinski definition) is 1. The molecule has 2 N–H and O–H groups in total. The van der Waals surface area contributed by atoms with Crippen molar-refractivity contribution in [3.8, 4) is 12.0 Å². The van der Waals surface area contributed by atoms with Crippen LogP contribution in [0.1, 0.15) is 6.42 Å². The summed E-state index contributed by atoms with van der Waals surface area (Å²) in [7, 11) is 4.01. The smallest absolute Gasteiger partial charge is 0.323 e. The Hall–Kier alpha value is -2.29. The molecule has 2 aromatic heterocycles. The van der Waals surface area contributed by atoms with Gasteiger partial charge < -0.3 is 15.4 Å². The van der Waals surface area contributed by atoms with Crippen LogP contribution in [-0.4, -0.2) is 61.9 Å². The molecule has 0 aliphatic rings. The highest BCUT2D eigenvalue weighted by molar-refractivity contribution is 5.23. The number of ether oxygens (including phenoxy) is 1. The molecule has 0 bridgehead atoms. The predicted octanol–water partition coefficient (Wildman–Crippen LogP) is -0.635. The molecule has 2 rings (SSSR count).